The number of carbonyl (C=O) groups is 3. The maximum atomic E-state index is 12.2. The van der Waals surface area contributed by atoms with Crippen molar-refractivity contribution < 1.29 is 24.6 Å². The molecule has 7 heteroatoms. The van der Waals surface area contributed by atoms with E-state index < -0.39 is 30.1 Å². The van der Waals surface area contributed by atoms with Gasteiger partial charge < -0.3 is 15.1 Å². The van der Waals surface area contributed by atoms with Crippen LogP contribution >= 0.6 is 0 Å². The highest BCUT2D eigenvalue weighted by atomic mass is 16.4. The monoisotopic (exact) mass is 290 g/mol. The quantitative estimate of drug-likeness (QED) is 0.768. The predicted octanol–water partition coefficient (Wildman–Crippen LogP) is 0.396. The molecule has 2 aliphatic rings. The van der Waals surface area contributed by atoms with Gasteiger partial charge in [-0.3, -0.25) is 14.5 Å². The van der Waals surface area contributed by atoms with Gasteiger partial charge in [0.25, 0.3) is 11.8 Å². The zero-order chi connectivity index (χ0) is 15.1. The van der Waals surface area contributed by atoms with Crippen LogP contribution < -0.4 is 0 Å². The number of hydrogen-bond donors (Lipinski definition) is 2. The van der Waals surface area contributed by atoms with Gasteiger partial charge in [0.15, 0.2) is 0 Å². The minimum absolute atomic E-state index is 0.00314. The van der Waals surface area contributed by atoms with Crippen LogP contribution in [0, 0.1) is 0 Å². The van der Waals surface area contributed by atoms with Crippen molar-refractivity contribution in [1.82, 2.24) is 9.80 Å². The van der Waals surface area contributed by atoms with E-state index in [1.807, 2.05) is 0 Å². The summed E-state index contributed by atoms with van der Waals surface area (Å²) in [5, 5.41) is 18.7. The smallest absolute Gasteiger partial charge is 0.407 e. The summed E-state index contributed by atoms with van der Waals surface area (Å²) in [6.07, 6.45) is -1.70. The van der Waals surface area contributed by atoms with E-state index in [0.29, 0.717) is 11.1 Å². The lowest BCUT2D eigenvalue weighted by Crippen LogP contribution is -2.44. The first kappa shape index (κ1) is 13.6. The fourth-order valence-electron chi connectivity index (χ4n) is 2.92. The van der Waals surface area contributed by atoms with E-state index in [0.717, 1.165) is 9.80 Å². The number of hydrogen-bond acceptors (Lipinski definition) is 4. The van der Waals surface area contributed by atoms with E-state index in [9.17, 15) is 19.5 Å². The Hall–Kier alpha value is -2.41. The molecule has 2 atom stereocenters. The molecule has 1 aromatic carbocycles. The minimum atomic E-state index is -1.16. The number of β-amino-alcohol motifs (C(OH)–C–C–N with tert-alkyl or cyclic N) is 1. The average molecular weight is 290 g/mol. The molecule has 0 bridgehead atoms. The third-order valence-electron chi connectivity index (χ3n) is 3.91. The molecular formula is C14H14N2O5. The summed E-state index contributed by atoms with van der Waals surface area (Å²) in [5.74, 6) is -0.829. The van der Waals surface area contributed by atoms with Gasteiger partial charge in [-0.15, -0.1) is 0 Å². The molecule has 0 saturated carbocycles. The fourth-order valence-corrected chi connectivity index (χ4v) is 2.92. The molecule has 1 fully saturated rings. The number of nitrogens with zero attached hydrogens (tertiary/aromatic N) is 2. The van der Waals surface area contributed by atoms with Gasteiger partial charge in [0.05, 0.1) is 36.4 Å². The van der Waals surface area contributed by atoms with Crippen LogP contribution in [0.5, 0.6) is 0 Å². The lowest BCUT2D eigenvalue weighted by molar-refractivity contribution is 0.0603. The number of carbonyl (C=O) groups excluding carboxylic acids is 2. The maximum absolute atomic E-state index is 12.2. The van der Waals surface area contributed by atoms with Crippen LogP contribution in [0.3, 0.4) is 0 Å². The van der Waals surface area contributed by atoms with Gasteiger partial charge >= 0.3 is 6.09 Å². The minimum Gasteiger partial charge on any atom is -0.465 e. The summed E-state index contributed by atoms with van der Waals surface area (Å²) in [6, 6.07) is 5.94. The number of aliphatic hydroxyl groups is 1. The first-order valence-corrected chi connectivity index (χ1v) is 6.62. The van der Waals surface area contributed by atoms with E-state index in [2.05, 4.69) is 0 Å². The van der Waals surface area contributed by atoms with Crippen LogP contribution in [0.2, 0.25) is 0 Å². The van der Waals surface area contributed by atoms with Gasteiger partial charge in [-0.25, -0.2) is 4.79 Å². The Morgan fingerprint density at radius 2 is 1.76 bits per heavy atom. The van der Waals surface area contributed by atoms with Crippen molar-refractivity contribution in [3.8, 4) is 0 Å². The third kappa shape index (κ3) is 2.15. The Labute approximate surface area is 120 Å². The molecule has 1 aromatic rings. The van der Waals surface area contributed by atoms with Crippen molar-refractivity contribution in [3.05, 3.63) is 35.4 Å². The Kier molecular flexibility index (Phi) is 3.13. The number of fused-ring (bicyclic) bond motifs is 1. The summed E-state index contributed by atoms with van der Waals surface area (Å²) in [6.45, 7) is -0.0289. The second-order valence-corrected chi connectivity index (χ2v) is 5.24. The highest BCUT2D eigenvalue weighted by Gasteiger charge is 2.41. The van der Waals surface area contributed by atoms with Crippen molar-refractivity contribution in [2.45, 2.75) is 18.6 Å². The van der Waals surface area contributed by atoms with Crippen LogP contribution in [-0.2, 0) is 0 Å². The van der Waals surface area contributed by atoms with Crippen LogP contribution in [0.1, 0.15) is 27.1 Å². The van der Waals surface area contributed by atoms with E-state index in [4.69, 9.17) is 5.11 Å². The summed E-state index contributed by atoms with van der Waals surface area (Å²) >= 11 is 0. The number of benzene rings is 1. The number of imide groups is 1. The molecule has 2 aliphatic heterocycles. The molecular weight excluding hydrogens is 276 g/mol. The summed E-state index contributed by atoms with van der Waals surface area (Å²) < 4.78 is 0. The summed E-state index contributed by atoms with van der Waals surface area (Å²) in [7, 11) is 0. The largest absolute Gasteiger partial charge is 0.465 e. The summed E-state index contributed by atoms with van der Waals surface area (Å²) in [4.78, 5) is 37.7. The lowest BCUT2D eigenvalue weighted by Gasteiger charge is -2.25. The van der Waals surface area contributed by atoms with E-state index in [-0.39, 0.29) is 19.5 Å². The Morgan fingerprint density at radius 3 is 2.29 bits per heavy atom. The molecule has 3 amide bonds. The van der Waals surface area contributed by atoms with Crippen molar-refractivity contribution in [3.63, 3.8) is 0 Å². The van der Waals surface area contributed by atoms with E-state index >= 15 is 0 Å². The topological polar surface area (TPSA) is 98.2 Å². The molecule has 0 spiro atoms. The predicted molar refractivity (Wildman–Crippen MR) is 71.0 cm³/mol. The molecule has 7 nitrogen and oxygen atoms in total. The number of carboxylic acid groups (broad SMARTS) is 1. The molecule has 1 saturated heterocycles. The normalized spacial score (nSPS) is 24.6. The molecule has 2 heterocycles. The molecule has 21 heavy (non-hydrogen) atoms. The fraction of sp³-hybridized carbons (Fsp3) is 0.357. The molecule has 3 rings (SSSR count). The summed E-state index contributed by atoms with van der Waals surface area (Å²) in [5.41, 5.74) is 0.672. The highest BCUT2D eigenvalue weighted by Crippen LogP contribution is 2.26. The number of amides is 3. The van der Waals surface area contributed by atoms with Crippen molar-refractivity contribution in [2.24, 2.45) is 0 Å². The number of rotatable bonds is 2. The van der Waals surface area contributed by atoms with Crippen LogP contribution in [0.25, 0.3) is 0 Å². The molecule has 0 radical (unpaired) electrons. The average Bonchev–Trinajstić information content (AvgIpc) is 2.94. The second-order valence-electron chi connectivity index (χ2n) is 5.24. The van der Waals surface area contributed by atoms with Gasteiger partial charge in [0, 0.05) is 0 Å². The molecule has 0 aliphatic carbocycles. The van der Waals surface area contributed by atoms with Gasteiger partial charge in [-0.2, -0.15) is 0 Å². The zero-order valence-electron chi connectivity index (χ0n) is 11.1. The Bertz CT molecular complexity index is 595. The van der Waals surface area contributed by atoms with Gasteiger partial charge in [-0.1, -0.05) is 12.1 Å². The highest BCUT2D eigenvalue weighted by molar-refractivity contribution is 6.21. The standard InChI is InChI=1S/C14H14N2O5/c17-9-5-8(15(7-9)14(20)21)6-16-12(18)10-3-1-2-4-11(10)13(16)19/h1-4,8-9,17H,5-7H2,(H,20,21)/t8-,9?/m0/s1. The Balaban J connectivity index is 1.82. The maximum Gasteiger partial charge on any atom is 0.407 e. The van der Waals surface area contributed by atoms with E-state index in [1.54, 1.807) is 24.3 Å². The molecule has 0 aromatic heterocycles. The van der Waals surface area contributed by atoms with Crippen molar-refractivity contribution in [2.75, 3.05) is 13.1 Å². The molecule has 1 unspecified atom stereocenters. The van der Waals surface area contributed by atoms with Crippen LogP contribution in [0.4, 0.5) is 4.79 Å². The third-order valence-corrected chi connectivity index (χ3v) is 3.91. The van der Waals surface area contributed by atoms with Crippen LogP contribution in [0.15, 0.2) is 24.3 Å². The lowest BCUT2D eigenvalue weighted by atomic mass is 10.1. The van der Waals surface area contributed by atoms with Gasteiger partial charge in [0.2, 0.25) is 0 Å². The zero-order valence-corrected chi connectivity index (χ0v) is 11.1. The SMILES string of the molecule is O=C1c2ccccc2C(=O)N1C[C@@H]1CC(O)CN1C(=O)O. The van der Waals surface area contributed by atoms with E-state index in [1.165, 1.54) is 0 Å². The van der Waals surface area contributed by atoms with Gasteiger partial charge in [0.1, 0.15) is 0 Å². The first-order chi connectivity index (χ1) is 9.99. The molecule has 110 valence electrons. The number of aliphatic hydroxyl groups excluding tert-OH is 1. The van der Waals surface area contributed by atoms with Crippen LogP contribution in [-0.4, -0.2) is 63.2 Å². The van der Waals surface area contributed by atoms with Gasteiger partial charge in [-0.05, 0) is 18.6 Å². The first-order valence-electron chi connectivity index (χ1n) is 6.62. The van der Waals surface area contributed by atoms with Crippen molar-refractivity contribution >= 4 is 17.9 Å². The second kappa shape index (κ2) is 4.85. The molecule has 2 N–H and O–H groups in total. The Morgan fingerprint density at radius 1 is 1.19 bits per heavy atom. The number of likely N-dealkylation sites (tertiary alicyclic amines) is 1. The van der Waals surface area contributed by atoms with Crippen molar-refractivity contribution in [1.29, 1.82) is 0 Å².